The van der Waals surface area contributed by atoms with E-state index in [4.69, 9.17) is 25.5 Å². The van der Waals surface area contributed by atoms with Gasteiger partial charge < -0.3 is 25.5 Å². The van der Waals surface area contributed by atoms with Crippen molar-refractivity contribution in [3.05, 3.63) is 0 Å². The first-order valence-corrected chi connectivity index (χ1v) is 3.80. The molecule has 0 amide bonds. The van der Waals surface area contributed by atoms with Gasteiger partial charge >= 0.3 is 0 Å². The summed E-state index contributed by atoms with van der Waals surface area (Å²) in [6.45, 7) is -0.692. The van der Waals surface area contributed by atoms with Gasteiger partial charge in [0.2, 0.25) is 0 Å². The number of rotatable bonds is 5. The largest absolute Gasteiger partial charge is 0.394 e. The minimum atomic E-state index is -1.61. The highest BCUT2D eigenvalue weighted by atomic mass is 32.1. The van der Waals surface area contributed by atoms with Crippen LogP contribution in [0.1, 0.15) is 0 Å². The molecule has 0 aromatic carbocycles. The lowest BCUT2D eigenvalue weighted by atomic mass is 10.0. The van der Waals surface area contributed by atoms with Gasteiger partial charge in [0, 0.05) is 5.37 Å². The number of aliphatic hydroxyl groups is 5. The second-order valence-corrected chi connectivity index (χ2v) is 2.63. The van der Waals surface area contributed by atoms with Crippen molar-refractivity contribution in [2.24, 2.45) is 0 Å². The Bertz CT molecular complexity index is 142. The van der Waals surface area contributed by atoms with E-state index in [-0.39, 0.29) is 0 Å². The minimum Gasteiger partial charge on any atom is -0.394 e. The van der Waals surface area contributed by atoms with Crippen LogP contribution in [0.5, 0.6) is 0 Å². The van der Waals surface area contributed by atoms with Crippen molar-refractivity contribution in [1.29, 1.82) is 0 Å². The molecule has 0 rings (SSSR count). The van der Waals surface area contributed by atoms with Crippen LogP contribution in [0, 0.1) is 0 Å². The van der Waals surface area contributed by atoms with Crippen LogP contribution in [0.4, 0.5) is 0 Å². The Morgan fingerprint density at radius 1 is 1.08 bits per heavy atom. The van der Waals surface area contributed by atoms with E-state index in [1.807, 2.05) is 0 Å². The van der Waals surface area contributed by atoms with Gasteiger partial charge in [0.1, 0.15) is 24.4 Å². The van der Waals surface area contributed by atoms with Crippen LogP contribution in [-0.4, -0.2) is 61.9 Å². The van der Waals surface area contributed by atoms with Crippen molar-refractivity contribution >= 4 is 17.6 Å². The summed E-state index contributed by atoms with van der Waals surface area (Å²) in [5.74, 6) is 0. The van der Waals surface area contributed by atoms with Crippen molar-refractivity contribution < 1.29 is 25.5 Å². The van der Waals surface area contributed by atoms with Gasteiger partial charge in [-0.1, -0.05) is 12.2 Å². The van der Waals surface area contributed by atoms with Crippen molar-refractivity contribution in [3.8, 4) is 0 Å². The van der Waals surface area contributed by atoms with E-state index < -0.39 is 31.0 Å². The van der Waals surface area contributed by atoms with Crippen molar-refractivity contribution in [2.45, 2.75) is 24.4 Å². The molecule has 0 saturated carbocycles. The van der Waals surface area contributed by atoms with Gasteiger partial charge in [-0.3, -0.25) is 0 Å². The lowest BCUT2D eigenvalue weighted by Crippen LogP contribution is -2.46. The van der Waals surface area contributed by atoms with Crippen LogP contribution >= 0.6 is 12.2 Å². The lowest BCUT2D eigenvalue weighted by molar-refractivity contribution is -0.0996. The number of aliphatic hydroxyl groups excluding tert-OH is 5. The highest BCUT2D eigenvalue weighted by Gasteiger charge is 2.28. The summed E-state index contributed by atoms with van der Waals surface area (Å²) in [6, 6.07) is 0. The fourth-order valence-electron chi connectivity index (χ4n) is 0.618. The molecule has 0 spiro atoms. The first-order chi connectivity index (χ1) is 5.54. The molecule has 12 heavy (non-hydrogen) atoms. The molecule has 0 bridgehead atoms. The maximum Gasteiger partial charge on any atom is 0.113 e. The standard InChI is InChI=1S/C6H12O5S/c7-1-3(8)5(10)6(11)4(9)2-12/h2-11H,1H2/t3-,4+,5+,6-/m0/s1. The minimum absolute atomic E-state index is 0.692. The fraction of sp³-hybridized carbons (Fsp3) is 0.833. The smallest absolute Gasteiger partial charge is 0.113 e. The molecule has 0 aliphatic carbocycles. The van der Waals surface area contributed by atoms with Gasteiger partial charge in [-0.2, -0.15) is 0 Å². The quantitative estimate of drug-likeness (QED) is 0.310. The summed E-state index contributed by atoms with van der Waals surface area (Å²) in [7, 11) is 0. The van der Waals surface area contributed by atoms with Gasteiger partial charge in [0.15, 0.2) is 0 Å². The van der Waals surface area contributed by atoms with E-state index in [1.54, 1.807) is 0 Å². The van der Waals surface area contributed by atoms with Gasteiger partial charge in [0.05, 0.1) is 6.61 Å². The summed E-state index contributed by atoms with van der Waals surface area (Å²) in [4.78, 5) is 0. The average Bonchev–Trinajstić information content (AvgIpc) is 2.12. The number of thiocarbonyl (C=S) groups is 1. The Labute approximate surface area is 74.9 Å². The molecule has 4 atom stereocenters. The second kappa shape index (κ2) is 5.52. The van der Waals surface area contributed by atoms with Gasteiger partial charge in [-0.05, 0) is 0 Å². The summed E-state index contributed by atoms with van der Waals surface area (Å²) in [6.07, 6.45) is -6.06. The number of hydrogen-bond acceptors (Lipinski definition) is 6. The molecule has 5 N–H and O–H groups in total. The molecule has 5 nitrogen and oxygen atoms in total. The molecule has 0 aromatic heterocycles. The van der Waals surface area contributed by atoms with E-state index in [9.17, 15) is 0 Å². The third-order valence-electron chi connectivity index (χ3n) is 1.42. The highest BCUT2D eigenvalue weighted by Crippen LogP contribution is 2.03. The van der Waals surface area contributed by atoms with Crippen LogP contribution in [0.3, 0.4) is 0 Å². The Morgan fingerprint density at radius 2 is 1.58 bits per heavy atom. The van der Waals surface area contributed by atoms with E-state index in [1.165, 1.54) is 0 Å². The third kappa shape index (κ3) is 3.10. The van der Waals surface area contributed by atoms with Gasteiger partial charge in [-0.25, -0.2) is 0 Å². The monoisotopic (exact) mass is 196 g/mol. The fourth-order valence-corrected chi connectivity index (χ4v) is 0.779. The van der Waals surface area contributed by atoms with Crippen molar-refractivity contribution in [2.75, 3.05) is 6.61 Å². The summed E-state index contributed by atoms with van der Waals surface area (Å²) in [5, 5.41) is 44.9. The zero-order valence-electron chi connectivity index (χ0n) is 6.24. The molecule has 72 valence electrons. The molecule has 6 heteroatoms. The Morgan fingerprint density at radius 3 is 1.92 bits per heavy atom. The Balaban J connectivity index is 4.07. The van der Waals surface area contributed by atoms with Crippen LogP contribution in [-0.2, 0) is 0 Å². The van der Waals surface area contributed by atoms with E-state index in [2.05, 4.69) is 12.2 Å². The highest BCUT2D eigenvalue weighted by molar-refractivity contribution is 7.79. The summed E-state index contributed by atoms with van der Waals surface area (Å²) >= 11 is 4.30. The first kappa shape index (κ1) is 11.9. The predicted molar refractivity (Wildman–Crippen MR) is 44.8 cm³/mol. The van der Waals surface area contributed by atoms with Crippen molar-refractivity contribution in [3.63, 3.8) is 0 Å². The molecule has 0 fully saturated rings. The molecule has 0 aliphatic rings. The van der Waals surface area contributed by atoms with E-state index in [0.717, 1.165) is 5.37 Å². The maximum absolute atomic E-state index is 9.02. The topological polar surface area (TPSA) is 101 Å². The summed E-state index contributed by atoms with van der Waals surface area (Å²) in [5.41, 5.74) is 0. The Kier molecular flexibility index (Phi) is 5.47. The van der Waals surface area contributed by atoms with Crippen molar-refractivity contribution in [1.82, 2.24) is 0 Å². The number of hydrogen-bond donors (Lipinski definition) is 5. The molecule has 0 radical (unpaired) electrons. The normalized spacial score (nSPS) is 21.1. The predicted octanol–water partition coefficient (Wildman–Crippen LogP) is -2.58. The zero-order valence-corrected chi connectivity index (χ0v) is 7.05. The summed E-state index contributed by atoms with van der Waals surface area (Å²) < 4.78 is 0. The molecule has 0 saturated heterocycles. The molecular weight excluding hydrogens is 184 g/mol. The lowest BCUT2D eigenvalue weighted by Gasteiger charge is -2.23. The molecular formula is C6H12O5S. The third-order valence-corrected chi connectivity index (χ3v) is 1.70. The SMILES string of the molecule is OC[C@H](O)[C@@H](O)[C@@H](O)[C@H](O)C=S. The molecule has 0 unspecified atom stereocenters. The molecule has 0 aromatic rings. The van der Waals surface area contributed by atoms with Crippen LogP contribution in [0.2, 0.25) is 0 Å². The van der Waals surface area contributed by atoms with Crippen LogP contribution < -0.4 is 0 Å². The first-order valence-electron chi connectivity index (χ1n) is 3.33. The van der Waals surface area contributed by atoms with Gasteiger partial charge in [0.25, 0.3) is 0 Å². The zero-order chi connectivity index (χ0) is 9.72. The van der Waals surface area contributed by atoms with Crippen LogP contribution in [0.25, 0.3) is 0 Å². The van der Waals surface area contributed by atoms with Gasteiger partial charge in [-0.15, -0.1) is 0 Å². The molecule has 0 heterocycles. The second-order valence-electron chi connectivity index (χ2n) is 2.36. The molecule has 0 aliphatic heterocycles. The van der Waals surface area contributed by atoms with E-state index in [0.29, 0.717) is 0 Å². The van der Waals surface area contributed by atoms with Crippen LogP contribution in [0.15, 0.2) is 0 Å². The van der Waals surface area contributed by atoms with E-state index >= 15 is 0 Å². The average molecular weight is 196 g/mol. The Hall–Kier alpha value is -0.110. The maximum atomic E-state index is 9.02.